The van der Waals surface area contributed by atoms with Gasteiger partial charge in [-0.15, -0.1) is 30.4 Å². The van der Waals surface area contributed by atoms with Crippen molar-refractivity contribution in [1.82, 2.24) is 15.6 Å². The van der Waals surface area contributed by atoms with Gasteiger partial charge in [-0.05, 0) is 24.3 Å². The van der Waals surface area contributed by atoms with Crippen molar-refractivity contribution in [3.8, 4) is 23.8 Å². The van der Waals surface area contributed by atoms with Gasteiger partial charge in [0.2, 0.25) is 5.89 Å². The number of hydrogen-bond donors (Lipinski definition) is 2. The zero-order chi connectivity index (χ0) is 15.8. The fourth-order valence-electron chi connectivity index (χ4n) is 1.81. The molecule has 2 rings (SSSR count). The molecule has 122 valence electrons. The van der Waals surface area contributed by atoms with Gasteiger partial charge in [-0.1, -0.05) is 5.92 Å². The zero-order valence-electron chi connectivity index (χ0n) is 12.7. The second kappa shape index (κ2) is 9.84. The van der Waals surface area contributed by atoms with Crippen LogP contribution in [0.2, 0.25) is 0 Å². The summed E-state index contributed by atoms with van der Waals surface area (Å²) in [5.74, 6) is 3.31. The van der Waals surface area contributed by atoms with E-state index in [4.69, 9.17) is 10.8 Å². The first-order chi connectivity index (χ1) is 10.7. The lowest BCUT2D eigenvalue weighted by atomic mass is 10.2. The van der Waals surface area contributed by atoms with E-state index in [1.165, 1.54) is 12.1 Å². The van der Waals surface area contributed by atoms with E-state index in [9.17, 15) is 4.39 Å². The maximum Gasteiger partial charge on any atom is 0.226 e. The molecular weight excluding hydrogens is 410 g/mol. The highest BCUT2D eigenvalue weighted by molar-refractivity contribution is 14.0. The molecule has 0 saturated heterocycles. The molecule has 1 heterocycles. The average Bonchev–Trinajstić information content (AvgIpc) is 3.00. The van der Waals surface area contributed by atoms with Crippen LogP contribution in [0.15, 0.2) is 39.9 Å². The van der Waals surface area contributed by atoms with E-state index in [1.54, 1.807) is 25.4 Å². The minimum atomic E-state index is -0.286. The summed E-state index contributed by atoms with van der Waals surface area (Å²) in [7, 11) is 1.68. The molecule has 0 bridgehead atoms. The number of guanidine groups is 1. The van der Waals surface area contributed by atoms with E-state index >= 15 is 0 Å². The summed E-state index contributed by atoms with van der Waals surface area (Å²) in [5.41, 5.74) is 1.55. The molecule has 0 fully saturated rings. The fourth-order valence-corrected chi connectivity index (χ4v) is 1.81. The average molecular weight is 428 g/mol. The standard InChI is InChI=1S/C16H17FN4O.HI/c1-3-9-19-16(18-2)20-10-8-14-11-22-15(21-14)12-4-6-13(17)7-5-12;/h1,4-7,11H,8-10H2,2H3,(H2,18,19,20);1H. The molecule has 0 aliphatic heterocycles. The first-order valence-corrected chi connectivity index (χ1v) is 6.81. The predicted octanol–water partition coefficient (Wildman–Crippen LogP) is 2.44. The van der Waals surface area contributed by atoms with Crippen LogP contribution >= 0.6 is 24.0 Å². The van der Waals surface area contributed by atoms with Gasteiger partial charge < -0.3 is 15.1 Å². The second-order valence-corrected chi connectivity index (χ2v) is 4.46. The van der Waals surface area contributed by atoms with Crippen LogP contribution in [0.1, 0.15) is 5.69 Å². The minimum absolute atomic E-state index is 0. The zero-order valence-corrected chi connectivity index (χ0v) is 15.0. The number of nitrogens with one attached hydrogen (secondary N) is 2. The summed E-state index contributed by atoms with van der Waals surface area (Å²) in [4.78, 5) is 8.41. The lowest BCUT2D eigenvalue weighted by molar-refractivity contribution is 0.571. The van der Waals surface area contributed by atoms with Crippen LogP contribution in [0.4, 0.5) is 4.39 Å². The van der Waals surface area contributed by atoms with Crippen LogP contribution in [-0.2, 0) is 6.42 Å². The van der Waals surface area contributed by atoms with E-state index in [1.807, 2.05) is 0 Å². The third-order valence-corrected chi connectivity index (χ3v) is 2.90. The molecule has 0 aliphatic carbocycles. The lowest BCUT2D eigenvalue weighted by Gasteiger charge is -2.08. The highest BCUT2D eigenvalue weighted by Crippen LogP contribution is 2.18. The molecule has 0 amide bonds. The molecule has 2 aromatic rings. The number of hydrogen-bond acceptors (Lipinski definition) is 3. The smallest absolute Gasteiger partial charge is 0.226 e. The molecule has 1 aromatic heterocycles. The van der Waals surface area contributed by atoms with Gasteiger partial charge in [0.1, 0.15) is 12.1 Å². The van der Waals surface area contributed by atoms with Gasteiger partial charge in [-0.2, -0.15) is 0 Å². The molecule has 7 heteroatoms. The molecule has 23 heavy (non-hydrogen) atoms. The Labute approximate surface area is 151 Å². The van der Waals surface area contributed by atoms with Gasteiger partial charge in [0.05, 0.1) is 12.2 Å². The van der Waals surface area contributed by atoms with Crippen molar-refractivity contribution in [2.75, 3.05) is 20.1 Å². The second-order valence-electron chi connectivity index (χ2n) is 4.46. The van der Waals surface area contributed by atoms with Crippen molar-refractivity contribution in [2.45, 2.75) is 6.42 Å². The topological polar surface area (TPSA) is 62.5 Å². The molecule has 0 unspecified atom stereocenters. The lowest BCUT2D eigenvalue weighted by Crippen LogP contribution is -2.38. The molecular formula is C16H18FIN4O. The first-order valence-electron chi connectivity index (χ1n) is 6.81. The third-order valence-electron chi connectivity index (χ3n) is 2.90. The molecule has 0 spiro atoms. The fraction of sp³-hybridized carbons (Fsp3) is 0.250. The first kappa shape index (κ1) is 19.0. The molecule has 0 radical (unpaired) electrons. The Morgan fingerprint density at radius 3 is 2.74 bits per heavy atom. The van der Waals surface area contributed by atoms with Gasteiger partial charge in [-0.25, -0.2) is 9.37 Å². The van der Waals surface area contributed by atoms with Crippen molar-refractivity contribution < 1.29 is 8.81 Å². The minimum Gasteiger partial charge on any atom is -0.444 e. The Morgan fingerprint density at radius 2 is 2.09 bits per heavy atom. The number of aromatic nitrogens is 1. The summed E-state index contributed by atoms with van der Waals surface area (Å²) in [6, 6.07) is 6.02. The monoisotopic (exact) mass is 428 g/mol. The maximum absolute atomic E-state index is 12.9. The number of halogens is 2. The Kier molecular flexibility index (Phi) is 8.11. The number of rotatable bonds is 5. The quantitative estimate of drug-likeness (QED) is 0.333. The Morgan fingerprint density at radius 1 is 1.35 bits per heavy atom. The van der Waals surface area contributed by atoms with Crippen molar-refractivity contribution in [1.29, 1.82) is 0 Å². The predicted molar refractivity (Wildman–Crippen MR) is 99.2 cm³/mol. The van der Waals surface area contributed by atoms with Gasteiger partial charge >= 0.3 is 0 Å². The van der Waals surface area contributed by atoms with E-state index in [-0.39, 0.29) is 29.8 Å². The summed E-state index contributed by atoms with van der Waals surface area (Å²) < 4.78 is 18.3. The SMILES string of the molecule is C#CCNC(=NC)NCCc1coc(-c2ccc(F)cc2)n1.I. The van der Waals surface area contributed by atoms with Gasteiger partial charge in [0.25, 0.3) is 0 Å². The van der Waals surface area contributed by atoms with E-state index in [0.29, 0.717) is 31.4 Å². The van der Waals surface area contributed by atoms with Crippen molar-refractivity contribution in [2.24, 2.45) is 4.99 Å². The number of terminal acetylenes is 1. The van der Waals surface area contributed by atoms with Crippen molar-refractivity contribution in [3.63, 3.8) is 0 Å². The van der Waals surface area contributed by atoms with E-state index < -0.39 is 0 Å². The van der Waals surface area contributed by atoms with Crippen molar-refractivity contribution in [3.05, 3.63) is 42.0 Å². The highest BCUT2D eigenvalue weighted by atomic mass is 127. The maximum atomic E-state index is 12.9. The Hall–Kier alpha value is -2.08. The Balaban J connectivity index is 0.00000264. The molecule has 2 N–H and O–H groups in total. The summed E-state index contributed by atoms with van der Waals surface area (Å²) >= 11 is 0. The van der Waals surface area contributed by atoms with E-state index in [2.05, 4.69) is 26.5 Å². The largest absolute Gasteiger partial charge is 0.444 e. The molecule has 1 aromatic carbocycles. The van der Waals surface area contributed by atoms with Crippen molar-refractivity contribution >= 4 is 29.9 Å². The van der Waals surface area contributed by atoms with E-state index in [0.717, 1.165) is 11.3 Å². The molecule has 0 saturated carbocycles. The number of nitrogens with zero attached hydrogens (tertiary/aromatic N) is 2. The summed E-state index contributed by atoms with van der Waals surface area (Å²) in [6.45, 7) is 1.05. The van der Waals surface area contributed by atoms with Crippen LogP contribution in [0.5, 0.6) is 0 Å². The van der Waals surface area contributed by atoms with Gasteiger partial charge in [-0.3, -0.25) is 4.99 Å². The van der Waals surface area contributed by atoms with Crippen LogP contribution in [0.25, 0.3) is 11.5 Å². The van der Waals surface area contributed by atoms with Crippen LogP contribution in [0.3, 0.4) is 0 Å². The normalized spacial score (nSPS) is 10.6. The van der Waals surface area contributed by atoms with Gasteiger partial charge in [0, 0.05) is 25.6 Å². The number of benzene rings is 1. The van der Waals surface area contributed by atoms with Crippen LogP contribution < -0.4 is 10.6 Å². The van der Waals surface area contributed by atoms with Gasteiger partial charge in [0.15, 0.2) is 5.96 Å². The Bertz CT molecular complexity index is 676. The third kappa shape index (κ3) is 5.90. The summed E-state index contributed by atoms with van der Waals surface area (Å²) in [6.07, 6.45) is 7.44. The molecule has 0 atom stereocenters. The number of aliphatic imine (C=N–C) groups is 1. The molecule has 5 nitrogen and oxygen atoms in total. The molecule has 0 aliphatic rings. The highest BCUT2D eigenvalue weighted by Gasteiger charge is 2.07. The van der Waals surface area contributed by atoms with Crippen LogP contribution in [0, 0.1) is 18.2 Å². The summed E-state index contributed by atoms with van der Waals surface area (Å²) in [5, 5.41) is 6.09. The van der Waals surface area contributed by atoms with Crippen LogP contribution in [-0.4, -0.2) is 31.1 Å². The number of oxazole rings is 1.